The molecule has 27 heavy (non-hydrogen) atoms. The summed E-state index contributed by atoms with van der Waals surface area (Å²) in [4.78, 5) is 37.9. The van der Waals surface area contributed by atoms with Gasteiger partial charge in [-0.25, -0.2) is 9.97 Å². The first-order chi connectivity index (χ1) is 13.1. The number of aromatic nitrogens is 2. The SMILES string of the molecule is CC(=O)CCCCN1C(=O)c2cccnc2N(C2CC2)c2nccc(C)c21. The summed E-state index contributed by atoms with van der Waals surface area (Å²) in [5, 5.41) is 0. The fourth-order valence-corrected chi connectivity index (χ4v) is 3.68. The number of hydrogen-bond acceptors (Lipinski definition) is 5. The largest absolute Gasteiger partial charge is 0.305 e. The third-order valence-electron chi connectivity index (χ3n) is 5.17. The van der Waals surface area contributed by atoms with Crippen molar-refractivity contribution < 1.29 is 9.59 Å². The molecule has 140 valence electrons. The predicted molar refractivity (Wildman–Crippen MR) is 105 cm³/mol. The van der Waals surface area contributed by atoms with Crippen LogP contribution in [0.25, 0.3) is 0 Å². The number of Topliss-reactive ketones (excluding diaryl/α,β-unsaturated/α-hetero) is 1. The minimum atomic E-state index is -0.0403. The quantitative estimate of drug-likeness (QED) is 0.729. The van der Waals surface area contributed by atoms with Gasteiger partial charge in [0.05, 0.1) is 11.3 Å². The molecule has 3 heterocycles. The topological polar surface area (TPSA) is 66.4 Å². The zero-order chi connectivity index (χ0) is 19.0. The molecule has 2 aliphatic rings. The van der Waals surface area contributed by atoms with Crippen molar-refractivity contribution in [2.24, 2.45) is 0 Å². The highest BCUT2D eigenvalue weighted by Gasteiger charge is 2.40. The zero-order valence-corrected chi connectivity index (χ0v) is 15.8. The number of carbonyl (C=O) groups excluding carboxylic acids is 2. The third-order valence-corrected chi connectivity index (χ3v) is 5.17. The van der Waals surface area contributed by atoms with E-state index in [-0.39, 0.29) is 11.7 Å². The van der Waals surface area contributed by atoms with E-state index in [4.69, 9.17) is 0 Å². The number of pyridine rings is 2. The van der Waals surface area contributed by atoms with Crippen LogP contribution in [0.1, 0.15) is 54.9 Å². The minimum Gasteiger partial charge on any atom is -0.305 e. The van der Waals surface area contributed by atoms with E-state index in [2.05, 4.69) is 14.9 Å². The Morgan fingerprint density at radius 2 is 1.93 bits per heavy atom. The number of nitrogens with zero attached hydrogens (tertiary/aromatic N) is 4. The van der Waals surface area contributed by atoms with Crippen LogP contribution in [0.4, 0.5) is 17.3 Å². The Labute approximate surface area is 159 Å². The molecule has 4 rings (SSSR count). The van der Waals surface area contributed by atoms with Crippen LogP contribution in [-0.4, -0.2) is 34.2 Å². The first-order valence-electron chi connectivity index (χ1n) is 9.59. The van der Waals surface area contributed by atoms with Crippen LogP contribution in [-0.2, 0) is 4.79 Å². The third kappa shape index (κ3) is 3.31. The number of rotatable bonds is 6. The molecule has 2 aromatic rings. The lowest BCUT2D eigenvalue weighted by Gasteiger charge is -2.27. The Balaban J connectivity index is 1.78. The summed E-state index contributed by atoms with van der Waals surface area (Å²) in [6, 6.07) is 5.95. The average molecular weight is 364 g/mol. The molecule has 0 saturated heterocycles. The van der Waals surface area contributed by atoms with Gasteiger partial charge in [-0.1, -0.05) is 0 Å². The van der Waals surface area contributed by atoms with Gasteiger partial charge in [0.1, 0.15) is 11.6 Å². The van der Waals surface area contributed by atoms with Gasteiger partial charge >= 0.3 is 0 Å². The molecule has 2 aromatic heterocycles. The molecule has 1 aliphatic heterocycles. The van der Waals surface area contributed by atoms with Crippen molar-refractivity contribution in [1.82, 2.24) is 9.97 Å². The van der Waals surface area contributed by atoms with Gasteiger partial charge < -0.3 is 14.6 Å². The van der Waals surface area contributed by atoms with E-state index in [0.29, 0.717) is 30.4 Å². The Morgan fingerprint density at radius 1 is 1.15 bits per heavy atom. The molecule has 0 unspecified atom stereocenters. The van der Waals surface area contributed by atoms with Crippen molar-refractivity contribution >= 4 is 29.0 Å². The lowest BCUT2D eigenvalue weighted by atomic mass is 10.1. The van der Waals surface area contributed by atoms with Crippen molar-refractivity contribution in [3.8, 4) is 0 Å². The van der Waals surface area contributed by atoms with Gasteiger partial charge in [0.15, 0.2) is 5.82 Å². The maximum atomic E-state index is 13.4. The summed E-state index contributed by atoms with van der Waals surface area (Å²) in [7, 11) is 0. The van der Waals surface area contributed by atoms with Gasteiger partial charge in [-0.3, -0.25) is 4.79 Å². The number of amides is 1. The second kappa shape index (κ2) is 7.10. The number of ketones is 1. The maximum absolute atomic E-state index is 13.4. The molecule has 1 fully saturated rings. The highest BCUT2D eigenvalue weighted by atomic mass is 16.2. The summed E-state index contributed by atoms with van der Waals surface area (Å²) in [6.45, 7) is 4.19. The number of hydrogen-bond donors (Lipinski definition) is 0. The van der Waals surface area contributed by atoms with Crippen molar-refractivity contribution in [3.05, 3.63) is 41.7 Å². The molecule has 0 spiro atoms. The molecule has 1 amide bonds. The molecular formula is C21H24N4O2. The number of fused-ring (bicyclic) bond motifs is 2. The lowest BCUT2D eigenvalue weighted by molar-refractivity contribution is -0.117. The summed E-state index contributed by atoms with van der Waals surface area (Å²) >= 11 is 0. The fourth-order valence-electron chi connectivity index (χ4n) is 3.68. The first-order valence-corrected chi connectivity index (χ1v) is 9.59. The number of aryl methyl sites for hydroxylation is 1. The molecule has 0 atom stereocenters. The average Bonchev–Trinajstić information content (AvgIpc) is 3.48. The van der Waals surface area contributed by atoms with Crippen molar-refractivity contribution in [2.75, 3.05) is 16.3 Å². The molecule has 1 aliphatic carbocycles. The van der Waals surface area contributed by atoms with Crippen LogP contribution < -0.4 is 9.80 Å². The van der Waals surface area contributed by atoms with Gasteiger partial charge in [0.2, 0.25) is 0 Å². The van der Waals surface area contributed by atoms with Crippen molar-refractivity contribution in [3.63, 3.8) is 0 Å². The molecule has 0 aromatic carbocycles. The van der Waals surface area contributed by atoms with E-state index in [1.807, 2.05) is 30.0 Å². The van der Waals surface area contributed by atoms with E-state index in [1.165, 1.54) is 0 Å². The van der Waals surface area contributed by atoms with Crippen LogP contribution in [0, 0.1) is 6.92 Å². The van der Waals surface area contributed by atoms with E-state index in [9.17, 15) is 9.59 Å². The molecule has 6 nitrogen and oxygen atoms in total. The molecule has 6 heteroatoms. The molecule has 1 saturated carbocycles. The molecular weight excluding hydrogens is 340 g/mol. The van der Waals surface area contributed by atoms with Gasteiger partial charge in [-0.05, 0) is 63.3 Å². The van der Waals surface area contributed by atoms with Gasteiger partial charge in [0, 0.05) is 31.4 Å². The van der Waals surface area contributed by atoms with Crippen LogP contribution in [0.2, 0.25) is 0 Å². The Bertz CT molecular complexity index is 892. The summed E-state index contributed by atoms with van der Waals surface area (Å²) < 4.78 is 0. The number of carbonyl (C=O) groups is 2. The molecule has 0 N–H and O–H groups in total. The highest BCUT2D eigenvalue weighted by molar-refractivity contribution is 6.13. The monoisotopic (exact) mass is 364 g/mol. The van der Waals surface area contributed by atoms with E-state index in [0.717, 1.165) is 42.8 Å². The second-order valence-corrected chi connectivity index (χ2v) is 7.39. The second-order valence-electron chi connectivity index (χ2n) is 7.39. The zero-order valence-electron chi connectivity index (χ0n) is 15.8. The standard InChI is InChI=1S/C21H24N4O2/c1-14-10-12-23-20-18(14)24(13-4-3-6-15(2)26)21(27)17-7-5-11-22-19(17)25(20)16-8-9-16/h5,7,10-12,16H,3-4,6,8-9,13H2,1-2H3. The maximum Gasteiger partial charge on any atom is 0.262 e. The fraction of sp³-hybridized carbons (Fsp3) is 0.429. The van der Waals surface area contributed by atoms with E-state index in [1.54, 1.807) is 19.3 Å². The number of unbranched alkanes of at least 4 members (excludes halogenated alkanes) is 1. The highest BCUT2D eigenvalue weighted by Crippen LogP contribution is 2.45. The van der Waals surface area contributed by atoms with Crippen LogP contribution in [0.15, 0.2) is 30.6 Å². The molecule has 0 radical (unpaired) electrons. The van der Waals surface area contributed by atoms with E-state index >= 15 is 0 Å². The normalized spacial score (nSPS) is 16.0. The van der Waals surface area contributed by atoms with Gasteiger partial charge in [-0.2, -0.15) is 0 Å². The lowest BCUT2D eigenvalue weighted by Crippen LogP contribution is -2.32. The van der Waals surface area contributed by atoms with Crippen molar-refractivity contribution in [2.45, 2.75) is 52.0 Å². The van der Waals surface area contributed by atoms with Crippen LogP contribution >= 0.6 is 0 Å². The summed E-state index contributed by atoms with van der Waals surface area (Å²) in [6.07, 6.45) is 7.80. The summed E-state index contributed by atoms with van der Waals surface area (Å²) in [5.74, 6) is 1.66. The predicted octanol–water partition coefficient (Wildman–Crippen LogP) is 3.81. The minimum absolute atomic E-state index is 0.0403. The van der Waals surface area contributed by atoms with Gasteiger partial charge in [0.25, 0.3) is 5.91 Å². The van der Waals surface area contributed by atoms with Gasteiger partial charge in [-0.15, -0.1) is 0 Å². The molecule has 0 bridgehead atoms. The van der Waals surface area contributed by atoms with Crippen LogP contribution in [0.5, 0.6) is 0 Å². The Kier molecular flexibility index (Phi) is 4.64. The summed E-state index contributed by atoms with van der Waals surface area (Å²) in [5.41, 5.74) is 2.52. The Morgan fingerprint density at radius 3 is 2.67 bits per heavy atom. The van der Waals surface area contributed by atoms with E-state index < -0.39 is 0 Å². The Hall–Kier alpha value is -2.76. The van der Waals surface area contributed by atoms with Crippen molar-refractivity contribution in [1.29, 1.82) is 0 Å². The first kappa shape index (κ1) is 17.6. The van der Waals surface area contributed by atoms with Crippen LogP contribution in [0.3, 0.4) is 0 Å². The number of anilines is 3. The smallest absolute Gasteiger partial charge is 0.262 e.